The van der Waals surface area contributed by atoms with E-state index in [-0.39, 0.29) is 13.3 Å². The summed E-state index contributed by atoms with van der Waals surface area (Å²) in [4.78, 5) is 4.27. The number of halogens is 4. The van der Waals surface area contributed by atoms with Crippen LogP contribution in [0.2, 0.25) is 5.02 Å². The fourth-order valence-electron chi connectivity index (χ4n) is 1.39. The number of alkyl halides is 3. The normalized spacial score (nSPS) is 14.0. The summed E-state index contributed by atoms with van der Waals surface area (Å²) in [6.07, 6.45) is -4.36. The second-order valence-corrected chi connectivity index (χ2v) is 3.94. The molecule has 1 aromatic carbocycles. The molecular weight excluding hydrogens is 275 g/mol. The van der Waals surface area contributed by atoms with Gasteiger partial charge in [-0.2, -0.15) is 18.7 Å². The Hall–Kier alpha value is -1.18. The van der Waals surface area contributed by atoms with Crippen LogP contribution in [0.5, 0.6) is 11.5 Å². The highest BCUT2D eigenvalue weighted by Crippen LogP contribution is 2.39. The molecule has 0 aliphatic carbocycles. The van der Waals surface area contributed by atoms with Gasteiger partial charge in [-0.25, -0.2) is 0 Å². The van der Waals surface area contributed by atoms with Crippen molar-refractivity contribution >= 4 is 11.6 Å². The molecule has 18 heavy (non-hydrogen) atoms. The van der Waals surface area contributed by atoms with Crippen LogP contribution < -0.4 is 15.0 Å². The molecule has 0 radical (unpaired) electrons. The SMILES string of the molecule is FC(F)(F)CONCc1cc(Cl)c2c(c1)OCO2. The van der Waals surface area contributed by atoms with Crippen LogP contribution in [0.3, 0.4) is 0 Å². The minimum atomic E-state index is -4.36. The summed E-state index contributed by atoms with van der Waals surface area (Å²) in [5, 5.41) is 0.345. The molecule has 2 rings (SSSR count). The predicted octanol–water partition coefficient (Wildman–Crippen LogP) is 2.65. The van der Waals surface area contributed by atoms with Crippen LogP contribution in [0.25, 0.3) is 0 Å². The zero-order valence-electron chi connectivity index (χ0n) is 9.01. The summed E-state index contributed by atoms with van der Waals surface area (Å²) in [5.41, 5.74) is 2.83. The van der Waals surface area contributed by atoms with Gasteiger partial charge in [-0.05, 0) is 17.7 Å². The van der Waals surface area contributed by atoms with E-state index in [0.29, 0.717) is 22.1 Å². The van der Waals surface area contributed by atoms with Crippen LogP contribution in [-0.4, -0.2) is 19.6 Å². The maximum absolute atomic E-state index is 11.8. The highest BCUT2D eigenvalue weighted by Gasteiger charge is 2.27. The Morgan fingerprint density at radius 1 is 1.33 bits per heavy atom. The summed E-state index contributed by atoms with van der Waals surface area (Å²) >= 11 is 5.91. The third-order valence-electron chi connectivity index (χ3n) is 2.10. The van der Waals surface area contributed by atoms with Gasteiger partial charge >= 0.3 is 6.18 Å². The predicted molar refractivity (Wildman–Crippen MR) is 56.4 cm³/mol. The number of ether oxygens (including phenoxy) is 2. The summed E-state index contributed by atoms with van der Waals surface area (Å²) in [5.74, 6) is 0.909. The van der Waals surface area contributed by atoms with E-state index in [2.05, 4.69) is 10.3 Å². The largest absolute Gasteiger partial charge is 0.454 e. The number of nitrogens with one attached hydrogen (secondary N) is 1. The van der Waals surface area contributed by atoms with Gasteiger partial charge in [-0.1, -0.05) is 11.6 Å². The van der Waals surface area contributed by atoms with Gasteiger partial charge in [0.15, 0.2) is 18.1 Å². The zero-order valence-corrected chi connectivity index (χ0v) is 9.77. The lowest BCUT2D eigenvalue weighted by molar-refractivity contribution is -0.190. The summed E-state index contributed by atoms with van der Waals surface area (Å²) < 4.78 is 45.6. The van der Waals surface area contributed by atoms with Gasteiger partial charge in [0.1, 0.15) is 0 Å². The van der Waals surface area contributed by atoms with Crippen LogP contribution in [0.1, 0.15) is 5.56 Å². The first-order valence-corrected chi connectivity index (χ1v) is 5.33. The molecule has 1 aromatic rings. The molecule has 1 heterocycles. The molecule has 4 nitrogen and oxygen atoms in total. The smallest absolute Gasteiger partial charge is 0.413 e. The van der Waals surface area contributed by atoms with E-state index in [1.54, 1.807) is 12.1 Å². The van der Waals surface area contributed by atoms with E-state index in [9.17, 15) is 13.2 Å². The highest BCUT2D eigenvalue weighted by atomic mass is 35.5. The van der Waals surface area contributed by atoms with Crippen molar-refractivity contribution in [3.05, 3.63) is 22.7 Å². The third kappa shape index (κ3) is 3.41. The molecule has 1 aliphatic heterocycles. The Kier molecular flexibility index (Phi) is 3.84. The number of hydroxylamine groups is 1. The lowest BCUT2D eigenvalue weighted by atomic mass is 10.2. The van der Waals surface area contributed by atoms with Crippen molar-refractivity contribution in [1.29, 1.82) is 0 Å². The minimum Gasteiger partial charge on any atom is -0.454 e. The number of hydrogen-bond donors (Lipinski definition) is 1. The van der Waals surface area contributed by atoms with Gasteiger partial charge in [0, 0.05) is 6.54 Å². The van der Waals surface area contributed by atoms with Gasteiger partial charge in [-0.15, -0.1) is 0 Å². The van der Waals surface area contributed by atoms with E-state index in [1.165, 1.54) is 0 Å². The first-order chi connectivity index (χ1) is 8.46. The van der Waals surface area contributed by atoms with Crippen molar-refractivity contribution in [2.75, 3.05) is 13.4 Å². The maximum atomic E-state index is 11.8. The lowest BCUT2D eigenvalue weighted by Crippen LogP contribution is -2.24. The van der Waals surface area contributed by atoms with E-state index in [4.69, 9.17) is 21.1 Å². The zero-order chi connectivity index (χ0) is 13.2. The highest BCUT2D eigenvalue weighted by molar-refractivity contribution is 6.32. The van der Waals surface area contributed by atoms with Crippen LogP contribution in [0.15, 0.2) is 12.1 Å². The molecule has 100 valence electrons. The van der Waals surface area contributed by atoms with Crippen LogP contribution in [0.4, 0.5) is 13.2 Å². The average molecular weight is 284 g/mol. The van der Waals surface area contributed by atoms with Crippen molar-refractivity contribution in [2.24, 2.45) is 0 Å². The molecule has 8 heteroatoms. The van der Waals surface area contributed by atoms with E-state index in [0.717, 1.165) is 0 Å². The topological polar surface area (TPSA) is 39.7 Å². The van der Waals surface area contributed by atoms with Crippen molar-refractivity contribution < 1.29 is 27.5 Å². The van der Waals surface area contributed by atoms with Crippen LogP contribution in [-0.2, 0) is 11.4 Å². The molecule has 0 spiro atoms. The Bertz CT molecular complexity index is 439. The lowest BCUT2D eigenvalue weighted by Gasteiger charge is -2.09. The van der Waals surface area contributed by atoms with Crippen molar-refractivity contribution in [3.63, 3.8) is 0 Å². The Balaban J connectivity index is 1.89. The molecule has 0 saturated heterocycles. The standard InChI is InChI=1S/C10H9ClF3NO3/c11-7-1-6(2-8-9(7)17-5-16-8)3-15-18-4-10(12,13)14/h1-2,15H,3-5H2. The Morgan fingerprint density at radius 2 is 2.11 bits per heavy atom. The molecule has 1 aliphatic rings. The van der Waals surface area contributed by atoms with Crippen molar-refractivity contribution in [1.82, 2.24) is 5.48 Å². The van der Waals surface area contributed by atoms with Gasteiger partial charge in [-0.3, -0.25) is 4.84 Å². The molecule has 0 bridgehead atoms. The Labute approximate surface area is 106 Å². The molecule has 0 aromatic heterocycles. The molecule has 0 atom stereocenters. The van der Waals surface area contributed by atoms with Gasteiger partial charge in [0.25, 0.3) is 0 Å². The van der Waals surface area contributed by atoms with Gasteiger partial charge in [0.2, 0.25) is 6.79 Å². The fraction of sp³-hybridized carbons (Fsp3) is 0.400. The molecule has 0 unspecified atom stereocenters. The molecule has 0 amide bonds. The van der Waals surface area contributed by atoms with Crippen LogP contribution in [0, 0.1) is 0 Å². The van der Waals surface area contributed by atoms with E-state index >= 15 is 0 Å². The van der Waals surface area contributed by atoms with E-state index < -0.39 is 12.8 Å². The van der Waals surface area contributed by atoms with Crippen LogP contribution >= 0.6 is 11.6 Å². The third-order valence-corrected chi connectivity index (χ3v) is 2.38. The minimum absolute atomic E-state index is 0.0758. The molecular formula is C10H9ClF3NO3. The molecule has 0 fully saturated rings. The first kappa shape index (κ1) is 13.3. The van der Waals surface area contributed by atoms with Crippen molar-refractivity contribution in [2.45, 2.75) is 12.7 Å². The second-order valence-electron chi connectivity index (χ2n) is 3.54. The number of benzene rings is 1. The van der Waals surface area contributed by atoms with E-state index in [1.807, 2.05) is 0 Å². The number of fused-ring (bicyclic) bond motifs is 1. The van der Waals surface area contributed by atoms with Crippen molar-refractivity contribution in [3.8, 4) is 11.5 Å². The quantitative estimate of drug-likeness (QED) is 0.681. The first-order valence-electron chi connectivity index (χ1n) is 4.95. The average Bonchev–Trinajstić information content (AvgIpc) is 2.71. The Morgan fingerprint density at radius 3 is 2.83 bits per heavy atom. The molecule has 1 N–H and O–H groups in total. The maximum Gasteiger partial charge on any atom is 0.413 e. The van der Waals surface area contributed by atoms with Gasteiger partial charge in [0.05, 0.1) is 5.02 Å². The monoisotopic (exact) mass is 283 g/mol. The number of hydrogen-bond acceptors (Lipinski definition) is 4. The summed E-state index contributed by atoms with van der Waals surface area (Å²) in [6, 6.07) is 3.19. The summed E-state index contributed by atoms with van der Waals surface area (Å²) in [7, 11) is 0. The molecule has 0 saturated carbocycles. The second kappa shape index (κ2) is 5.21. The number of rotatable bonds is 4. The fourth-order valence-corrected chi connectivity index (χ4v) is 1.68. The van der Waals surface area contributed by atoms with Gasteiger partial charge < -0.3 is 9.47 Å². The summed E-state index contributed by atoms with van der Waals surface area (Å²) in [6.45, 7) is -1.20.